The Balaban J connectivity index is 1.68. The zero-order chi connectivity index (χ0) is 11.8. The molecule has 92 valence electrons. The molecule has 17 heavy (non-hydrogen) atoms. The Morgan fingerprint density at radius 2 is 2.24 bits per heavy atom. The molecule has 0 saturated heterocycles. The van der Waals surface area contributed by atoms with E-state index in [1.165, 1.54) is 36.1 Å². The third-order valence-corrected chi connectivity index (χ3v) is 4.31. The predicted molar refractivity (Wildman–Crippen MR) is 72.3 cm³/mol. The van der Waals surface area contributed by atoms with Crippen LogP contribution in [0.25, 0.3) is 0 Å². The van der Waals surface area contributed by atoms with Crippen molar-refractivity contribution in [3.05, 3.63) is 29.3 Å². The summed E-state index contributed by atoms with van der Waals surface area (Å²) in [5.74, 6) is 0.955. The van der Waals surface area contributed by atoms with Crippen LogP contribution in [0.15, 0.2) is 18.2 Å². The maximum atomic E-state index is 3.42. The Morgan fingerprint density at radius 3 is 3.00 bits per heavy atom. The van der Waals surface area contributed by atoms with Gasteiger partial charge < -0.3 is 5.32 Å². The van der Waals surface area contributed by atoms with Crippen LogP contribution >= 0.6 is 0 Å². The predicted octanol–water partition coefficient (Wildman–Crippen LogP) is 2.88. The van der Waals surface area contributed by atoms with Crippen LogP contribution in [0.4, 0.5) is 5.69 Å². The zero-order valence-electron chi connectivity index (χ0n) is 10.9. The van der Waals surface area contributed by atoms with Gasteiger partial charge in [0.1, 0.15) is 0 Å². The fourth-order valence-corrected chi connectivity index (χ4v) is 2.83. The molecule has 2 aliphatic rings. The van der Waals surface area contributed by atoms with Gasteiger partial charge in [-0.1, -0.05) is 12.1 Å². The molecule has 0 spiro atoms. The lowest BCUT2D eigenvalue weighted by Crippen LogP contribution is -2.30. The van der Waals surface area contributed by atoms with Gasteiger partial charge in [0.05, 0.1) is 0 Å². The maximum absolute atomic E-state index is 3.42. The highest BCUT2D eigenvalue weighted by Gasteiger charge is 2.30. The van der Waals surface area contributed by atoms with E-state index in [-0.39, 0.29) is 0 Å². The first-order valence-electron chi connectivity index (χ1n) is 6.80. The number of fused-ring (bicyclic) bond motifs is 1. The van der Waals surface area contributed by atoms with Crippen LogP contribution in [0.1, 0.15) is 30.9 Å². The van der Waals surface area contributed by atoms with Crippen LogP contribution < -0.4 is 5.32 Å². The largest absolute Gasteiger partial charge is 0.384 e. The lowest BCUT2D eigenvalue weighted by Gasteiger charge is -2.24. The van der Waals surface area contributed by atoms with Gasteiger partial charge in [0.15, 0.2) is 0 Å². The minimum absolute atomic E-state index is 0.737. The lowest BCUT2D eigenvalue weighted by molar-refractivity contribution is 0.226. The van der Waals surface area contributed by atoms with Crippen molar-refractivity contribution >= 4 is 5.69 Å². The molecule has 1 saturated carbocycles. The summed E-state index contributed by atoms with van der Waals surface area (Å²) >= 11 is 0. The normalized spacial score (nSPS) is 20.2. The van der Waals surface area contributed by atoms with Crippen LogP contribution in [0, 0.1) is 5.92 Å². The topological polar surface area (TPSA) is 15.3 Å². The molecular formula is C15H22N2. The van der Waals surface area contributed by atoms with Crippen molar-refractivity contribution in [2.24, 2.45) is 5.92 Å². The molecule has 2 nitrogen and oxygen atoms in total. The molecule has 0 radical (unpaired) electrons. The Hall–Kier alpha value is -1.02. The molecule has 1 N–H and O–H groups in total. The molecule has 0 aromatic heterocycles. The monoisotopic (exact) mass is 230 g/mol. The van der Waals surface area contributed by atoms with Crippen molar-refractivity contribution in [1.29, 1.82) is 0 Å². The van der Waals surface area contributed by atoms with Gasteiger partial charge in [0, 0.05) is 24.8 Å². The van der Waals surface area contributed by atoms with Crippen molar-refractivity contribution in [1.82, 2.24) is 4.90 Å². The molecule has 1 atom stereocenters. The highest BCUT2D eigenvalue weighted by molar-refractivity contribution is 5.56. The summed E-state index contributed by atoms with van der Waals surface area (Å²) in [6, 6.07) is 7.63. The lowest BCUT2D eigenvalue weighted by atomic mass is 10.1. The molecular weight excluding hydrogens is 208 g/mol. The zero-order valence-corrected chi connectivity index (χ0v) is 10.9. The summed E-state index contributed by atoms with van der Waals surface area (Å²) < 4.78 is 0. The second-order valence-electron chi connectivity index (χ2n) is 5.66. The molecule has 1 aromatic rings. The first-order valence-corrected chi connectivity index (χ1v) is 6.80. The van der Waals surface area contributed by atoms with Crippen LogP contribution in [0.2, 0.25) is 0 Å². The number of hydrogen-bond acceptors (Lipinski definition) is 2. The van der Waals surface area contributed by atoms with Crippen LogP contribution in [-0.2, 0) is 13.0 Å². The van der Waals surface area contributed by atoms with Gasteiger partial charge in [0.2, 0.25) is 0 Å². The number of nitrogens with zero attached hydrogens (tertiary/aromatic N) is 1. The van der Waals surface area contributed by atoms with E-state index in [0.717, 1.165) is 25.0 Å². The molecule has 1 aromatic carbocycles. The van der Waals surface area contributed by atoms with E-state index in [9.17, 15) is 0 Å². The molecule has 1 aliphatic carbocycles. The highest BCUT2D eigenvalue weighted by Crippen LogP contribution is 2.35. The van der Waals surface area contributed by atoms with E-state index in [1.54, 1.807) is 0 Å². The van der Waals surface area contributed by atoms with Crippen molar-refractivity contribution in [3.63, 3.8) is 0 Å². The van der Waals surface area contributed by atoms with Crippen molar-refractivity contribution < 1.29 is 0 Å². The van der Waals surface area contributed by atoms with Gasteiger partial charge in [-0.05, 0) is 56.3 Å². The van der Waals surface area contributed by atoms with E-state index in [2.05, 4.69) is 42.4 Å². The van der Waals surface area contributed by atoms with Gasteiger partial charge in [-0.3, -0.25) is 4.90 Å². The van der Waals surface area contributed by atoms with Gasteiger partial charge in [-0.2, -0.15) is 0 Å². The highest BCUT2D eigenvalue weighted by atomic mass is 15.1. The molecule has 1 unspecified atom stereocenters. The second-order valence-corrected chi connectivity index (χ2v) is 5.66. The van der Waals surface area contributed by atoms with Crippen molar-refractivity contribution in [3.8, 4) is 0 Å². The van der Waals surface area contributed by atoms with Gasteiger partial charge in [-0.25, -0.2) is 0 Å². The summed E-state index contributed by atoms with van der Waals surface area (Å²) in [4.78, 5) is 2.50. The number of rotatable bonds is 4. The third kappa shape index (κ3) is 2.32. The fourth-order valence-electron chi connectivity index (χ4n) is 2.83. The molecule has 1 aliphatic heterocycles. The minimum atomic E-state index is 0.737. The third-order valence-electron chi connectivity index (χ3n) is 4.31. The average Bonchev–Trinajstić information content (AvgIpc) is 3.07. The summed E-state index contributed by atoms with van der Waals surface area (Å²) in [5, 5.41) is 3.42. The summed E-state index contributed by atoms with van der Waals surface area (Å²) in [7, 11) is 2.26. The van der Waals surface area contributed by atoms with Crippen LogP contribution in [0.3, 0.4) is 0 Å². The van der Waals surface area contributed by atoms with E-state index in [1.807, 2.05) is 0 Å². The van der Waals surface area contributed by atoms with Gasteiger partial charge >= 0.3 is 0 Å². The van der Waals surface area contributed by atoms with Gasteiger partial charge in [-0.15, -0.1) is 0 Å². The van der Waals surface area contributed by atoms with Gasteiger partial charge in [0.25, 0.3) is 0 Å². The van der Waals surface area contributed by atoms with Crippen molar-refractivity contribution in [2.45, 2.75) is 38.8 Å². The summed E-state index contributed by atoms with van der Waals surface area (Å²) in [5.41, 5.74) is 4.30. The Kier molecular flexibility index (Phi) is 2.83. The Labute approximate surface area is 104 Å². The van der Waals surface area contributed by atoms with E-state index < -0.39 is 0 Å². The Bertz CT molecular complexity index is 409. The number of benzene rings is 1. The summed E-state index contributed by atoms with van der Waals surface area (Å²) in [6.07, 6.45) is 4.05. The minimum Gasteiger partial charge on any atom is -0.384 e. The number of anilines is 1. The van der Waals surface area contributed by atoms with Crippen LogP contribution in [-0.4, -0.2) is 24.5 Å². The number of hydrogen-bond donors (Lipinski definition) is 1. The Morgan fingerprint density at radius 1 is 1.41 bits per heavy atom. The smallest absolute Gasteiger partial charge is 0.0373 e. The summed E-state index contributed by atoms with van der Waals surface area (Å²) in [6.45, 7) is 4.56. The molecule has 1 heterocycles. The van der Waals surface area contributed by atoms with E-state index >= 15 is 0 Å². The standard InChI is InChI=1S/C15H22N2/c1-11(13-4-5-13)17(2)10-12-3-6-15-14(9-12)7-8-16-15/h3,6,9,11,13,16H,4-5,7-8,10H2,1-2H3. The quantitative estimate of drug-likeness (QED) is 0.855. The van der Waals surface area contributed by atoms with E-state index in [4.69, 9.17) is 0 Å². The average molecular weight is 230 g/mol. The fraction of sp³-hybridized carbons (Fsp3) is 0.600. The molecule has 0 bridgehead atoms. The molecule has 2 heteroatoms. The first-order chi connectivity index (χ1) is 8.24. The molecule has 1 fully saturated rings. The van der Waals surface area contributed by atoms with Crippen molar-refractivity contribution in [2.75, 3.05) is 18.9 Å². The maximum Gasteiger partial charge on any atom is 0.0373 e. The number of nitrogens with one attached hydrogen (secondary N) is 1. The SMILES string of the molecule is CC(C1CC1)N(C)Cc1ccc2c(c1)CCN2. The molecule has 0 amide bonds. The van der Waals surface area contributed by atoms with Crippen LogP contribution in [0.5, 0.6) is 0 Å². The first kappa shape index (κ1) is 11.1. The second kappa shape index (κ2) is 4.34. The molecule has 3 rings (SSSR count). The van der Waals surface area contributed by atoms with E-state index in [0.29, 0.717) is 0 Å².